The Bertz CT molecular complexity index is 440. The van der Waals surface area contributed by atoms with Crippen molar-refractivity contribution in [3.8, 4) is 0 Å². The third kappa shape index (κ3) is 5.87. The minimum atomic E-state index is -0.841. The zero-order valence-corrected chi connectivity index (χ0v) is 12.2. The second-order valence-corrected chi connectivity index (χ2v) is 5.11. The van der Waals surface area contributed by atoms with E-state index in [9.17, 15) is 9.59 Å². The SMILES string of the molecule is CCCCc1ccc(C(=O)NC(C)CCC(=O)O)cc1. The van der Waals surface area contributed by atoms with E-state index < -0.39 is 5.97 Å². The van der Waals surface area contributed by atoms with E-state index in [-0.39, 0.29) is 18.4 Å². The highest BCUT2D eigenvalue weighted by molar-refractivity contribution is 5.94. The molecule has 0 aliphatic rings. The van der Waals surface area contributed by atoms with Crippen molar-refractivity contribution in [3.05, 3.63) is 35.4 Å². The molecule has 4 heteroatoms. The Balaban J connectivity index is 2.48. The van der Waals surface area contributed by atoms with Crippen LogP contribution in [0.15, 0.2) is 24.3 Å². The molecule has 1 unspecified atom stereocenters. The van der Waals surface area contributed by atoms with Crippen LogP contribution in [0.2, 0.25) is 0 Å². The fourth-order valence-corrected chi connectivity index (χ4v) is 1.92. The minimum absolute atomic E-state index is 0.0669. The van der Waals surface area contributed by atoms with Gasteiger partial charge in [-0.05, 0) is 43.9 Å². The van der Waals surface area contributed by atoms with Crippen molar-refractivity contribution in [1.29, 1.82) is 0 Å². The first kappa shape index (κ1) is 16.2. The van der Waals surface area contributed by atoms with E-state index in [0.29, 0.717) is 12.0 Å². The van der Waals surface area contributed by atoms with Crippen LogP contribution in [0, 0.1) is 0 Å². The topological polar surface area (TPSA) is 66.4 Å². The van der Waals surface area contributed by atoms with Crippen molar-refractivity contribution in [2.24, 2.45) is 0 Å². The Morgan fingerprint density at radius 3 is 2.45 bits per heavy atom. The van der Waals surface area contributed by atoms with Crippen LogP contribution >= 0.6 is 0 Å². The number of unbranched alkanes of at least 4 members (excludes halogenated alkanes) is 1. The maximum Gasteiger partial charge on any atom is 0.303 e. The van der Waals surface area contributed by atoms with Gasteiger partial charge in [-0.1, -0.05) is 25.5 Å². The lowest BCUT2D eigenvalue weighted by Gasteiger charge is -2.13. The van der Waals surface area contributed by atoms with Crippen molar-refractivity contribution in [1.82, 2.24) is 5.32 Å². The number of carbonyl (C=O) groups excluding carboxylic acids is 1. The summed E-state index contributed by atoms with van der Waals surface area (Å²) in [6, 6.07) is 7.46. The third-order valence-electron chi connectivity index (χ3n) is 3.20. The van der Waals surface area contributed by atoms with Gasteiger partial charge >= 0.3 is 5.97 Å². The van der Waals surface area contributed by atoms with Gasteiger partial charge in [0.1, 0.15) is 0 Å². The lowest BCUT2D eigenvalue weighted by atomic mass is 10.1. The number of hydrogen-bond acceptors (Lipinski definition) is 2. The van der Waals surface area contributed by atoms with E-state index in [1.165, 1.54) is 5.56 Å². The van der Waals surface area contributed by atoms with Gasteiger partial charge < -0.3 is 10.4 Å². The molecule has 20 heavy (non-hydrogen) atoms. The molecular formula is C16H23NO3. The Morgan fingerprint density at radius 1 is 1.25 bits per heavy atom. The lowest BCUT2D eigenvalue weighted by molar-refractivity contribution is -0.137. The summed E-state index contributed by atoms with van der Waals surface area (Å²) in [7, 11) is 0. The zero-order chi connectivity index (χ0) is 15.0. The number of amides is 1. The van der Waals surface area contributed by atoms with Crippen LogP contribution in [0.1, 0.15) is 55.5 Å². The van der Waals surface area contributed by atoms with Crippen LogP contribution in [0.4, 0.5) is 0 Å². The Kier molecular flexibility index (Phi) is 6.77. The summed E-state index contributed by atoms with van der Waals surface area (Å²) in [5.41, 5.74) is 1.86. The third-order valence-corrected chi connectivity index (χ3v) is 3.20. The van der Waals surface area contributed by atoms with E-state index in [2.05, 4.69) is 12.2 Å². The van der Waals surface area contributed by atoms with Gasteiger partial charge in [0.15, 0.2) is 0 Å². The van der Waals surface area contributed by atoms with Crippen molar-refractivity contribution < 1.29 is 14.7 Å². The molecule has 4 nitrogen and oxygen atoms in total. The first-order valence-corrected chi connectivity index (χ1v) is 7.14. The summed E-state index contributed by atoms with van der Waals surface area (Å²) in [6.07, 6.45) is 3.85. The smallest absolute Gasteiger partial charge is 0.303 e. The van der Waals surface area contributed by atoms with E-state index in [1.54, 1.807) is 0 Å². The van der Waals surface area contributed by atoms with Gasteiger partial charge in [0.2, 0.25) is 0 Å². The van der Waals surface area contributed by atoms with Gasteiger partial charge in [0.05, 0.1) is 0 Å². The van der Waals surface area contributed by atoms with Crippen LogP contribution in [0.5, 0.6) is 0 Å². The Labute approximate surface area is 120 Å². The van der Waals surface area contributed by atoms with Gasteiger partial charge in [-0.2, -0.15) is 0 Å². The number of carbonyl (C=O) groups is 2. The van der Waals surface area contributed by atoms with Crippen LogP contribution in [0.3, 0.4) is 0 Å². The van der Waals surface area contributed by atoms with E-state index in [0.717, 1.165) is 19.3 Å². The number of carboxylic acid groups (broad SMARTS) is 1. The monoisotopic (exact) mass is 277 g/mol. The van der Waals surface area contributed by atoms with Gasteiger partial charge in [-0.15, -0.1) is 0 Å². The first-order valence-electron chi connectivity index (χ1n) is 7.14. The number of nitrogens with one attached hydrogen (secondary N) is 1. The summed E-state index contributed by atoms with van der Waals surface area (Å²) in [5.74, 6) is -0.990. The summed E-state index contributed by atoms with van der Waals surface area (Å²) >= 11 is 0. The molecule has 0 saturated carbocycles. The van der Waals surface area contributed by atoms with E-state index in [1.807, 2.05) is 31.2 Å². The minimum Gasteiger partial charge on any atom is -0.481 e. The number of hydrogen-bond donors (Lipinski definition) is 2. The average Bonchev–Trinajstić information content (AvgIpc) is 2.43. The van der Waals surface area contributed by atoms with Gasteiger partial charge in [0, 0.05) is 18.0 Å². The van der Waals surface area contributed by atoms with Crippen LogP contribution in [-0.2, 0) is 11.2 Å². The molecule has 2 N–H and O–H groups in total. The lowest BCUT2D eigenvalue weighted by Crippen LogP contribution is -2.32. The van der Waals surface area contributed by atoms with Gasteiger partial charge in [0.25, 0.3) is 5.91 Å². The Morgan fingerprint density at radius 2 is 1.90 bits per heavy atom. The highest BCUT2D eigenvalue weighted by Gasteiger charge is 2.10. The number of rotatable bonds is 8. The normalized spacial score (nSPS) is 11.9. The van der Waals surface area contributed by atoms with Crippen LogP contribution in [0.25, 0.3) is 0 Å². The molecule has 1 aromatic carbocycles. The second kappa shape index (κ2) is 8.35. The molecule has 1 atom stereocenters. The summed E-state index contributed by atoms with van der Waals surface area (Å²) < 4.78 is 0. The van der Waals surface area contributed by atoms with Crippen molar-refractivity contribution in [2.45, 2.75) is 52.0 Å². The van der Waals surface area contributed by atoms with Gasteiger partial charge in [-0.25, -0.2) is 0 Å². The first-order chi connectivity index (χ1) is 9.52. The van der Waals surface area contributed by atoms with Crippen LogP contribution < -0.4 is 5.32 Å². The molecule has 0 aliphatic carbocycles. The predicted octanol–water partition coefficient (Wildman–Crippen LogP) is 3.01. The number of aryl methyl sites for hydroxylation is 1. The molecule has 110 valence electrons. The molecule has 0 aromatic heterocycles. The number of benzene rings is 1. The summed E-state index contributed by atoms with van der Waals surface area (Å²) in [4.78, 5) is 22.4. The molecule has 0 fully saturated rings. The second-order valence-electron chi connectivity index (χ2n) is 5.11. The predicted molar refractivity (Wildman–Crippen MR) is 78.9 cm³/mol. The molecule has 0 aliphatic heterocycles. The molecule has 1 amide bonds. The maximum atomic E-state index is 12.0. The molecule has 0 radical (unpaired) electrons. The fourth-order valence-electron chi connectivity index (χ4n) is 1.92. The fraction of sp³-hybridized carbons (Fsp3) is 0.500. The molecule has 1 aromatic rings. The average molecular weight is 277 g/mol. The van der Waals surface area contributed by atoms with Crippen molar-refractivity contribution in [2.75, 3.05) is 0 Å². The highest BCUT2D eigenvalue weighted by Crippen LogP contribution is 2.08. The van der Waals surface area contributed by atoms with Gasteiger partial charge in [-0.3, -0.25) is 9.59 Å². The van der Waals surface area contributed by atoms with Crippen molar-refractivity contribution >= 4 is 11.9 Å². The molecule has 0 spiro atoms. The molecule has 1 rings (SSSR count). The molecule has 0 bridgehead atoms. The quantitative estimate of drug-likeness (QED) is 0.767. The largest absolute Gasteiger partial charge is 0.481 e. The molecular weight excluding hydrogens is 254 g/mol. The standard InChI is InChI=1S/C16H23NO3/c1-3-4-5-13-7-9-14(10-8-13)16(20)17-12(2)6-11-15(18)19/h7-10,12H,3-6,11H2,1-2H3,(H,17,20)(H,18,19). The Hall–Kier alpha value is -1.84. The zero-order valence-electron chi connectivity index (χ0n) is 12.2. The molecule has 0 heterocycles. The maximum absolute atomic E-state index is 12.0. The highest BCUT2D eigenvalue weighted by atomic mass is 16.4. The molecule has 0 saturated heterocycles. The number of carboxylic acids is 1. The summed E-state index contributed by atoms with van der Waals surface area (Å²) in [6.45, 7) is 3.97. The summed E-state index contributed by atoms with van der Waals surface area (Å²) in [5, 5.41) is 11.4. The van der Waals surface area contributed by atoms with Crippen molar-refractivity contribution in [3.63, 3.8) is 0 Å². The number of aliphatic carboxylic acids is 1. The van der Waals surface area contributed by atoms with E-state index >= 15 is 0 Å². The van der Waals surface area contributed by atoms with E-state index in [4.69, 9.17) is 5.11 Å². The van der Waals surface area contributed by atoms with Crippen LogP contribution in [-0.4, -0.2) is 23.0 Å².